The predicted molar refractivity (Wildman–Crippen MR) is 202 cm³/mol. The summed E-state index contributed by atoms with van der Waals surface area (Å²) in [5, 5.41) is 12.9. The highest BCUT2D eigenvalue weighted by Gasteiger charge is 2.55. The van der Waals surface area contributed by atoms with Gasteiger partial charge in [0.2, 0.25) is 0 Å². The van der Waals surface area contributed by atoms with Crippen molar-refractivity contribution in [2.45, 2.75) is 54.1 Å². The van der Waals surface area contributed by atoms with E-state index in [0.29, 0.717) is 10.6 Å². The second kappa shape index (κ2) is 15.7. The zero-order valence-corrected chi connectivity index (χ0v) is 30.6. The van der Waals surface area contributed by atoms with Crippen molar-refractivity contribution in [3.05, 3.63) is 159 Å². The number of fused-ring (bicyclic) bond motifs is 2. The van der Waals surface area contributed by atoms with Crippen LogP contribution in [0.1, 0.15) is 56.4 Å². The molecule has 5 aromatic carbocycles. The van der Waals surface area contributed by atoms with Crippen molar-refractivity contribution in [2.24, 2.45) is 0 Å². The Bertz CT molecular complexity index is 2210. The Morgan fingerprint density at radius 3 is 1.87 bits per heavy atom. The van der Waals surface area contributed by atoms with Crippen LogP contribution in [0.2, 0.25) is 5.02 Å². The minimum Gasteiger partial charge on any atom is -0.459 e. The molecule has 0 aromatic heterocycles. The van der Waals surface area contributed by atoms with Crippen LogP contribution in [0.4, 0.5) is 17.1 Å². The zero-order chi connectivity index (χ0) is 37.9. The van der Waals surface area contributed by atoms with E-state index in [1.165, 1.54) is 17.8 Å². The summed E-state index contributed by atoms with van der Waals surface area (Å²) in [5.74, 6) is -2.24. The number of hydrogen-bond acceptors (Lipinski definition) is 11. The van der Waals surface area contributed by atoms with Gasteiger partial charge in [0.25, 0.3) is 5.69 Å². The highest BCUT2D eigenvalue weighted by molar-refractivity contribution is 7.99. The summed E-state index contributed by atoms with van der Waals surface area (Å²) in [5.41, 5.74) is 1.94. The van der Waals surface area contributed by atoms with Gasteiger partial charge in [0.15, 0.2) is 18.4 Å². The Morgan fingerprint density at radius 1 is 0.759 bits per heavy atom. The van der Waals surface area contributed by atoms with Gasteiger partial charge in [-0.25, -0.2) is 14.4 Å². The fourth-order valence-electron chi connectivity index (χ4n) is 6.51. The van der Waals surface area contributed by atoms with Gasteiger partial charge >= 0.3 is 17.9 Å². The highest BCUT2D eigenvalue weighted by atomic mass is 35.5. The second-order valence-electron chi connectivity index (χ2n) is 12.9. The molecule has 2 heterocycles. The molecule has 2 aliphatic rings. The lowest BCUT2D eigenvalue weighted by Gasteiger charge is -2.39. The largest absolute Gasteiger partial charge is 0.459 e. The van der Waals surface area contributed by atoms with Crippen LogP contribution >= 0.6 is 23.4 Å². The smallest absolute Gasteiger partial charge is 0.338 e. The van der Waals surface area contributed by atoms with Gasteiger partial charge in [-0.1, -0.05) is 104 Å². The van der Waals surface area contributed by atoms with Crippen LogP contribution in [-0.2, 0) is 18.9 Å². The third-order valence-electron chi connectivity index (χ3n) is 9.00. The summed E-state index contributed by atoms with van der Waals surface area (Å²) in [6.45, 7) is 3.55. The maximum atomic E-state index is 13.9. The van der Waals surface area contributed by atoms with E-state index in [1.807, 2.05) is 32.0 Å². The number of esters is 3. The van der Waals surface area contributed by atoms with Crippen LogP contribution in [0.25, 0.3) is 0 Å². The third-order valence-corrected chi connectivity index (χ3v) is 10.3. The first-order valence-corrected chi connectivity index (χ1v) is 18.3. The van der Waals surface area contributed by atoms with Gasteiger partial charge in [-0.05, 0) is 60.0 Å². The summed E-state index contributed by atoms with van der Waals surface area (Å²) in [6.07, 6.45) is -5.32. The lowest BCUT2D eigenvalue weighted by Crippen LogP contribution is -2.47. The van der Waals surface area contributed by atoms with Crippen molar-refractivity contribution in [3.8, 4) is 0 Å². The molecule has 0 saturated carbocycles. The fourth-order valence-corrected chi connectivity index (χ4v) is 7.97. The van der Waals surface area contributed by atoms with E-state index in [-0.39, 0.29) is 39.0 Å². The quantitative estimate of drug-likeness (QED) is 0.0584. The highest BCUT2D eigenvalue weighted by Crippen LogP contribution is 2.56. The molecule has 7 rings (SSSR count). The SMILES string of the molecule is CC(C)c1cccc2c1N([C@H]1O[C@@H](COC(=O)c3ccccc3)[C@H](OC(=O)c3ccccc3)[C@@H]1OC(=O)c1ccccc1)c1c(cc(Cl)cc1[N+](=O)[O-])S2. The topological polar surface area (TPSA) is 135 Å². The van der Waals surface area contributed by atoms with Crippen molar-refractivity contribution in [1.82, 2.24) is 0 Å². The molecule has 274 valence electrons. The Kier molecular flexibility index (Phi) is 10.7. The van der Waals surface area contributed by atoms with Crippen molar-refractivity contribution in [2.75, 3.05) is 11.5 Å². The number of nitro groups is 1. The number of carbonyl (C=O) groups is 3. The van der Waals surface area contributed by atoms with Crippen LogP contribution in [0.3, 0.4) is 0 Å². The van der Waals surface area contributed by atoms with E-state index in [1.54, 1.807) is 102 Å². The predicted octanol–water partition coefficient (Wildman–Crippen LogP) is 9.01. The van der Waals surface area contributed by atoms with Crippen molar-refractivity contribution < 1.29 is 38.3 Å². The number of carbonyl (C=O) groups excluding carboxylic acids is 3. The monoisotopic (exact) mass is 764 g/mol. The molecule has 0 amide bonds. The van der Waals surface area contributed by atoms with E-state index in [2.05, 4.69) is 0 Å². The van der Waals surface area contributed by atoms with E-state index >= 15 is 0 Å². The molecule has 4 atom stereocenters. The van der Waals surface area contributed by atoms with Crippen LogP contribution in [0.5, 0.6) is 0 Å². The van der Waals surface area contributed by atoms with E-state index < -0.39 is 54.0 Å². The molecule has 0 N–H and O–H groups in total. The molecule has 0 bridgehead atoms. The standard InChI is InChI=1S/C41H33ClN2O9S/c1-24(2)29-19-12-20-32-34(29)43(35-30(44(48)49)21-28(42)22-33(35)54-32)38-37(53-41(47)27-17-10-5-11-18-27)36(52-40(46)26-15-8-4-9-16-26)31(51-38)23-50-39(45)25-13-6-3-7-14-25/h3-22,24,31,36-38H,23H2,1-2H3/t31-,36-,37-,38-/m0/s1. The number of ether oxygens (including phenoxy) is 4. The molecule has 0 spiro atoms. The van der Waals surface area contributed by atoms with Gasteiger partial charge in [0, 0.05) is 20.9 Å². The summed E-state index contributed by atoms with van der Waals surface area (Å²) >= 11 is 7.75. The Hall–Kier alpha value is -5.69. The third kappa shape index (κ3) is 7.41. The average Bonchev–Trinajstić information content (AvgIpc) is 3.51. The molecule has 11 nitrogen and oxygen atoms in total. The maximum absolute atomic E-state index is 13.9. The molecule has 13 heteroatoms. The van der Waals surface area contributed by atoms with Gasteiger partial charge in [0.05, 0.1) is 27.3 Å². The first-order valence-electron chi connectivity index (χ1n) is 17.1. The second-order valence-corrected chi connectivity index (χ2v) is 14.4. The van der Waals surface area contributed by atoms with Gasteiger partial charge in [-0.15, -0.1) is 0 Å². The normalized spacial score (nSPS) is 18.7. The van der Waals surface area contributed by atoms with Crippen molar-refractivity contribution >= 4 is 58.3 Å². The lowest BCUT2D eigenvalue weighted by atomic mass is 9.98. The average molecular weight is 765 g/mol. The number of benzene rings is 5. The minimum absolute atomic E-state index is 0.0722. The Morgan fingerprint density at radius 2 is 1.31 bits per heavy atom. The van der Waals surface area contributed by atoms with Gasteiger partial charge in [-0.2, -0.15) is 0 Å². The van der Waals surface area contributed by atoms with Crippen LogP contribution in [-0.4, -0.2) is 54.0 Å². The fraction of sp³-hybridized carbons (Fsp3) is 0.195. The van der Waals surface area contributed by atoms with E-state index in [4.69, 9.17) is 30.5 Å². The summed E-state index contributed by atoms with van der Waals surface area (Å²) in [4.78, 5) is 55.9. The maximum Gasteiger partial charge on any atom is 0.338 e. The molecule has 54 heavy (non-hydrogen) atoms. The molecule has 1 fully saturated rings. The zero-order valence-electron chi connectivity index (χ0n) is 29.0. The lowest BCUT2D eigenvalue weighted by molar-refractivity contribution is -0.384. The molecule has 5 aromatic rings. The molecule has 2 aliphatic heterocycles. The summed E-state index contributed by atoms with van der Waals surface area (Å²) in [7, 11) is 0. The van der Waals surface area contributed by atoms with Crippen molar-refractivity contribution in [3.63, 3.8) is 0 Å². The summed E-state index contributed by atoms with van der Waals surface area (Å²) < 4.78 is 24.9. The number of halogens is 1. The first-order chi connectivity index (χ1) is 26.1. The van der Waals surface area contributed by atoms with Gasteiger partial charge in [-0.3, -0.25) is 10.1 Å². The molecular formula is C41H33ClN2O9S. The van der Waals surface area contributed by atoms with Crippen LogP contribution in [0, 0.1) is 10.1 Å². The number of anilines is 2. The van der Waals surface area contributed by atoms with Gasteiger partial charge in [0.1, 0.15) is 18.4 Å². The number of nitro benzene ring substituents is 1. The molecule has 0 unspecified atom stereocenters. The minimum atomic E-state index is -1.41. The Balaban J connectivity index is 1.40. The molecule has 0 aliphatic carbocycles. The number of rotatable bonds is 10. The first kappa shape index (κ1) is 36.7. The van der Waals surface area contributed by atoms with E-state index in [0.717, 1.165) is 10.5 Å². The van der Waals surface area contributed by atoms with Crippen LogP contribution in [0.15, 0.2) is 131 Å². The summed E-state index contributed by atoms with van der Waals surface area (Å²) in [6, 6.07) is 33.4. The molecule has 1 saturated heterocycles. The van der Waals surface area contributed by atoms with Crippen molar-refractivity contribution in [1.29, 1.82) is 0 Å². The molecular weight excluding hydrogens is 732 g/mol. The number of nitrogens with zero attached hydrogens (tertiary/aromatic N) is 2. The Labute approximate surface area is 319 Å². The number of para-hydroxylation sites is 1. The van der Waals surface area contributed by atoms with Crippen LogP contribution < -0.4 is 4.90 Å². The number of hydrogen-bond donors (Lipinski definition) is 0. The van der Waals surface area contributed by atoms with Gasteiger partial charge < -0.3 is 23.8 Å². The van der Waals surface area contributed by atoms with E-state index in [9.17, 15) is 24.5 Å². The molecule has 0 radical (unpaired) electrons.